The molecule has 0 spiro atoms. The fourth-order valence-corrected chi connectivity index (χ4v) is 2.38. The lowest BCUT2D eigenvalue weighted by molar-refractivity contribution is 0.372. The minimum absolute atomic E-state index is 0.893. The first-order valence-corrected chi connectivity index (χ1v) is 5.61. The first-order chi connectivity index (χ1) is 6.77. The van der Waals surface area contributed by atoms with Crippen molar-refractivity contribution in [2.45, 2.75) is 33.1 Å². The zero-order chi connectivity index (χ0) is 9.97. The molecule has 1 saturated heterocycles. The van der Waals surface area contributed by atoms with Crippen molar-refractivity contribution in [3.8, 4) is 0 Å². The second-order valence-corrected chi connectivity index (χ2v) is 4.47. The third kappa shape index (κ3) is 2.01. The minimum Gasteiger partial charge on any atom is -0.365 e. The second kappa shape index (κ2) is 4.18. The SMILES string of the molecule is Cc1c[nH]c(C)c1CC1CCNCC1. The van der Waals surface area contributed by atoms with E-state index in [2.05, 4.69) is 30.3 Å². The van der Waals surface area contributed by atoms with Crippen molar-refractivity contribution in [1.29, 1.82) is 0 Å². The van der Waals surface area contributed by atoms with Gasteiger partial charge in [0.15, 0.2) is 0 Å². The number of aromatic amines is 1. The first-order valence-electron chi connectivity index (χ1n) is 5.61. The maximum atomic E-state index is 3.42. The van der Waals surface area contributed by atoms with Gasteiger partial charge in [-0.25, -0.2) is 0 Å². The predicted molar refractivity (Wildman–Crippen MR) is 59.6 cm³/mol. The van der Waals surface area contributed by atoms with Crippen molar-refractivity contribution in [2.75, 3.05) is 13.1 Å². The molecule has 1 aromatic heterocycles. The van der Waals surface area contributed by atoms with E-state index in [9.17, 15) is 0 Å². The molecule has 1 aromatic rings. The van der Waals surface area contributed by atoms with Crippen LogP contribution < -0.4 is 5.32 Å². The number of piperidine rings is 1. The fourth-order valence-electron chi connectivity index (χ4n) is 2.38. The molecular formula is C12H20N2. The Morgan fingerprint density at radius 2 is 2.00 bits per heavy atom. The maximum absolute atomic E-state index is 3.42. The summed E-state index contributed by atoms with van der Waals surface area (Å²) in [6.07, 6.45) is 6.07. The number of aryl methyl sites for hydroxylation is 2. The van der Waals surface area contributed by atoms with Crippen LogP contribution in [0.2, 0.25) is 0 Å². The molecule has 0 aromatic carbocycles. The molecule has 0 bridgehead atoms. The molecule has 2 heteroatoms. The average Bonchev–Trinajstić information content (AvgIpc) is 2.51. The van der Waals surface area contributed by atoms with Crippen LogP contribution in [0.1, 0.15) is 29.7 Å². The van der Waals surface area contributed by atoms with Gasteiger partial charge in [0.2, 0.25) is 0 Å². The molecular weight excluding hydrogens is 172 g/mol. The fraction of sp³-hybridized carbons (Fsp3) is 0.667. The van der Waals surface area contributed by atoms with Gasteiger partial charge in [0.1, 0.15) is 0 Å². The summed E-state index contributed by atoms with van der Waals surface area (Å²) in [7, 11) is 0. The van der Waals surface area contributed by atoms with Crippen LogP contribution in [0.25, 0.3) is 0 Å². The van der Waals surface area contributed by atoms with E-state index in [1.54, 1.807) is 5.56 Å². The molecule has 78 valence electrons. The van der Waals surface area contributed by atoms with Crippen LogP contribution in [0.4, 0.5) is 0 Å². The molecule has 2 nitrogen and oxygen atoms in total. The van der Waals surface area contributed by atoms with Gasteiger partial charge in [0, 0.05) is 11.9 Å². The Morgan fingerprint density at radius 3 is 2.57 bits per heavy atom. The van der Waals surface area contributed by atoms with E-state index in [-0.39, 0.29) is 0 Å². The van der Waals surface area contributed by atoms with Gasteiger partial charge in [-0.2, -0.15) is 0 Å². The summed E-state index contributed by atoms with van der Waals surface area (Å²) in [6, 6.07) is 0. The van der Waals surface area contributed by atoms with Gasteiger partial charge in [-0.3, -0.25) is 0 Å². The third-order valence-corrected chi connectivity index (χ3v) is 3.39. The Bertz CT molecular complexity index is 276. The highest BCUT2D eigenvalue weighted by Crippen LogP contribution is 2.22. The van der Waals surface area contributed by atoms with Crippen molar-refractivity contribution in [3.05, 3.63) is 23.0 Å². The average molecular weight is 192 g/mol. The topological polar surface area (TPSA) is 27.8 Å². The molecule has 0 unspecified atom stereocenters. The number of hydrogen-bond acceptors (Lipinski definition) is 1. The smallest absolute Gasteiger partial charge is 0.0150 e. The van der Waals surface area contributed by atoms with Gasteiger partial charge in [-0.05, 0) is 63.2 Å². The van der Waals surface area contributed by atoms with Crippen molar-refractivity contribution in [1.82, 2.24) is 10.3 Å². The molecule has 0 atom stereocenters. The molecule has 14 heavy (non-hydrogen) atoms. The number of H-pyrrole nitrogens is 1. The monoisotopic (exact) mass is 192 g/mol. The van der Waals surface area contributed by atoms with Gasteiger partial charge in [0.05, 0.1) is 0 Å². The molecule has 0 saturated carbocycles. The summed E-state index contributed by atoms with van der Waals surface area (Å²) in [5.74, 6) is 0.893. The van der Waals surface area contributed by atoms with Crippen LogP contribution in [0.5, 0.6) is 0 Å². The number of aromatic nitrogens is 1. The molecule has 1 aliphatic heterocycles. The lowest BCUT2D eigenvalue weighted by Crippen LogP contribution is -2.28. The minimum atomic E-state index is 0.893. The van der Waals surface area contributed by atoms with Crippen LogP contribution in [0, 0.1) is 19.8 Å². The molecule has 0 radical (unpaired) electrons. The molecule has 2 rings (SSSR count). The van der Waals surface area contributed by atoms with Gasteiger partial charge in [-0.1, -0.05) is 0 Å². The largest absolute Gasteiger partial charge is 0.365 e. The van der Waals surface area contributed by atoms with Crippen LogP contribution >= 0.6 is 0 Å². The van der Waals surface area contributed by atoms with Crippen LogP contribution in [-0.2, 0) is 6.42 Å². The summed E-state index contributed by atoms with van der Waals surface area (Å²) in [5.41, 5.74) is 4.35. The number of nitrogens with one attached hydrogen (secondary N) is 2. The summed E-state index contributed by atoms with van der Waals surface area (Å²) in [5, 5.41) is 3.42. The van der Waals surface area contributed by atoms with E-state index in [1.165, 1.54) is 43.6 Å². The van der Waals surface area contributed by atoms with Gasteiger partial charge in [-0.15, -0.1) is 0 Å². The quantitative estimate of drug-likeness (QED) is 0.738. The highest BCUT2D eigenvalue weighted by atomic mass is 14.9. The molecule has 2 N–H and O–H groups in total. The molecule has 2 heterocycles. The Hall–Kier alpha value is -0.760. The van der Waals surface area contributed by atoms with Crippen molar-refractivity contribution >= 4 is 0 Å². The molecule has 1 fully saturated rings. The highest BCUT2D eigenvalue weighted by molar-refractivity contribution is 5.29. The lowest BCUT2D eigenvalue weighted by Gasteiger charge is -2.22. The van der Waals surface area contributed by atoms with E-state index in [0.29, 0.717) is 0 Å². The van der Waals surface area contributed by atoms with Crippen LogP contribution in [0.15, 0.2) is 6.20 Å². The molecule has 0 aliphatic carbocycles. The third-order valence-electron chi connectivity index (χ3n) is 3.39. The summed E-state index contributed by atoms with van der Waals surface area (Å²) < 4.78 is 0. The highest BCUT2D eigenvalue weighted by Gasteiger charge is 2.16. The number of hydrogen-bond donors (Lipinski definition) is 2. The number of rotatable bonds is 2. The van der Waals surface area contributed by atoms with Gasteiger partial charge < -0.3 is 10.3 Å². The maximum Gasteiger partial charge on any atom is 0.0150 e. The Morgan fingerprint density at radius 1 is 1.29 bits per heavy atom. The van der Waals surface area contributed by atoms with E-state index in [1.807, 2.05) is 0 Å². The van der Waals surface area contributed by atoms with Crippen molar-refractivity contribution in [3.63, 3.8) is 0 Å². The van der Waals surface area contributed by atoms with Crippen molar-refractivity contribution in [2.24, 2.45) is 5.92 Å². The lowest BCUT2D eigenvalue weighted by atomic mass is 9.90. The molecule has 0 amide bonds. The Kier molecular flexibility index (Phi) is 2.92. The van der Waals surface area contributed by atoms with E-state index >= 15 is 0 Å². The van der Waals surface area contributed by atoms with E-state index < -0.39 is 0 Å². The summed E-state index contributed by atoms with van der Waals surface area (Å²) in [4.78, 5) is 3.31. The zero-order valence-corrected chi connectivity index (χ0v) is 9.19. The van der Waals surface area contributed by atoms with E-state index in [4.69, 9.17) is 0 Å². The van der Waals surface area contributed by atoms with Gasteiger partial charge in [0.25, 0.3) is 0 Å². The predicted octanol–water partition coefficient (Wildman–Crippen LogP) is 2.17. The van der Waals surface area contributed by atoms with Crippen LogP contribution in [0.3, 0.4) is 0 Å². The molecule has 1 aliphatic rings. The van der Waals surface area contributed by atoms with Crippen LogP contribution in [-0.4, -0.2) is 18.1 Å². The summed E-state index contributed by atoms with van der Waals surface area (Å²) in [6.45, 7) is 6.80. The zero-order valence-electron chi connectivity index (χ0n) is 9.19. The normalized spacial score (nSPS) is 18.7. The Labute approximate surface area is 86.1 Å². The standard InChI is InChI=1S/C12H20N2/c1-9-8-14-10(2)12(9)7-11-3-5-13-6-4-11/h8,11,13-14H,3-7H2,1-2H3. The van der Waals surface area contributed by atoms with E-state index in [0.717, 1.165) is 5.92 Å². The Balaban J connectivity index is 2.02. The van der Waals surface area contributed by atoms with Crippen molar-refractivity contribution < 1.29 is 0 Å². The summed E-state index contributed by atoms with van der Waals surface area (Å²) >= 11 is 0. The second-order valence-electron chi connectivity index (χ2n) is 4.47. The van der Waals surface area contributed by atoms with Gasteiger partial charge >= 0.3 is 0 Å². The first kappa shape index (κ1) is 9.78.